The molecule has 0 saturated carbocycles. The van der Waals surface area contributed by atoms with Gasteiger partial charge in [-0.25, -0.2) is 9.59 Å². The molecule has 0 aliphatic rings. The molecule has 128 valence electrons. The summed E-state index contributed by atoms with van der Waals surface area (Å²) in [4.78, 5) is 18.9. The number of hydrogen-bond acceptors (Lipinski definition) is 6. The number of aliphatic hydroxyl groups is 2. The Morgan fingerprint density at radius 3 is 0.857 bits per heavy atom. The van der Waals surface area contributed by atoms with Gasteiger partial charge in [-0.05, 0) is 13.8 Å². The maximum absolute atomic E-state index is 9.45. The van der Waals surface area contributed by atoms with Crippen molar-refractivity contribution in [3.05, 3.63) is 0 Å². The molecule has 0 aromatic rings. The van der Waals surface area contributed by atoms with Crippen LogP contribution in [0.2, 0.25) is 0 Å². The Morgan fingerprint density at radius 1 is 0.810 bits per heavy atom. The van der Waals surface area contributed by atoms with Gasteiger partial charge in [0, 0.05) is 0 Å². The van der Waals surface area contributed by atoms with E-state index in [1.54, 1.807) is 0 Å². The van der Waals surface area contributed by atoms with Crippen molar-refractivity contribution < 1.29 is 58.5 Å². The molecule has 0 aliphatic heterocycles. The van der Waals surface area contributed by atoms with Gasteiger partial charge in [-0.1, -0.05) is 0 Å². The van der Waals surface area contributed by atoms with Crippen LogP contribution >= 0.6 is 0 Å². The standard InChI is InChI=1S/2C3H6O3.2Ca.H2O4S.2H2O.4H/c2*1-2(4)3(5)6;;;1-5(2,3)4;;;;;;/h2*2,4H,1H3,(H,5,6);;;(H2,1,2,3,4);2*1H2;;;;. The molecular weight excluding hydrogens is 376 g/mol. The molecule has 12 nitrogen and oxygen atoms in total. The normalized spacial score (nSPS) is 10.6. The summed E-state index contributed by atoms with van der Waals surface area (Å²) in [5.74, 6) is -2.37. The summed E-state index contributed by atoms with van der Waals surface area (Å²) in [6, 6.07) is 0. The summed E-state index contributed by atoms with van der Waals surface area (Å²) in [5.41, 5.74) is 0. The number of hydrogen-bond donors (Lipinski definition) is 6. The Kier molecular flexibility index (Phi) is 48.2. The van der Waals surface area contributed by atoms with E-state index >= 15 is 0 Å². The van der Waals surface area contributed by atoms with Gasteiger partial charge in [-0.15, -0.1) is 0 Å². The zero-order valence-corrected chi connectivity index (χ0v) is 10.7. The average molecular weight is 398 g/mol. The minimum atomic E-state index is -4.67. The number of aliphatic hydroxyl groups excluding tert-OH is 2. The van der Waals surface area contributed by atoms with E-state index in [4.69, 9.17) is 37.9 Å². The SMILES string of the molecule is CC(O)C(=O)O.CC(O)C(=O)O.O.O.O=S(=O)(O)O.[CaH2].[CaH2]. The molecule has 0 heterocycles. The molecular formula is C6H22Ca2O12S. The van der Waals surface area contributed by atoms with Gasteiger partial charge in [0.05, 0.1) is 0 Å². The Bertz CT molecular complexity index is 301. The molecule has 2 atom stereocenters. The Labute approximate surface area is 180 Å². The summed E-state index contributed by atoms with van der Waals surface area (Å²) in [5, 5.41) is 31.5. The van der Waals surface area contributed by atoms with Crippen molar-refractivity contribution in [2.45, 2.75) is 26.1 Å². The summed E-state index contributed by atoms with van der Waals surface area (Å²) >= 11 is 0. The van der Waals surface area contributed by atoms with Gasteiger partial charge >= 0.3 is 97.8 Å². The molecule has 0 fully saturated rings. The molecule has 0 aromatic carbocycles. The first kappa shape index (κ1) is 43.2. The van der Waals surface area contributed by atoms with E-state index < -0.39 is 34.5 Å². The number of aliphatic carboxylic acids is 2. The molecule has 0 aliphatic carbocycles. The predicted molar refractivity (Wildman–Crippen MR) is 77.1 cm³/mol. The summed E-state index contributed by atoms with van der Waals surface area (Å²) in [6.45, 7) is 2.39. The van der Waals surface area contributed by atoms with Crippen LogP contribution in [0.5, 0.6) is 0 Å². The fraction of sp³-hybridized carbons (Fsp3) is 0.667. The quantitative estimate of drug-likeness (QED) is 0.190. The summed E-state index contributed by atoms with van der Waals surface area (Å²) in [7, 11) is -4.67. The Morgan fingerprint density at radius 2 is 0.857 bits per heavy atom. The summed E-state index contributed by atoms with van der Waals surface area (Å²) < 4.78 is 31.6. The Hall–Kier alpha value is 1.17. The van der Waals surface area contributed by atoms with Gasteiger partial charge < -0.3 is 31.4 Å². The first-order valence-corrected chi connectivity index (χ1v) is 5.20. The van der Waals surface area contributed by atoms with Crippen LogP contribution < -0.4 is 0 Å². The zero-order chi connectivity index (χ0) is 14.8. The van der Waals surface area contributed by atoms with E-state index in [9.17, 15) is 9.59 Å². The van der Waals surface area contributed by atoms with Gasteiger partial charge in [0.2, 0.25) is 0 Å². The Balaban J connectivity index is -0.0000000257. The van der Waals surface area contributed by atoms with Crippen LogP contribution in [0.1, 0.15) is 13.8 Å². The van der Waals surface area contributed by atoms with E-state index in [1.165, 1.54) is 13.8 Å². The van der Waals surface area contributed by atoms with E-state index in [0.717, 1.165) is 0 Å². The third kappa shape index (κ3) is 92.5. The number of rotatable bonds is 2. The second-order valence-electron chi connectivity index (χ2n) is 2.48. The van der Waals surface area contributed by atoms with Crippen molar-refractivity contribution in [3.8, 4) is 0 Å². The van der Waals surface area contributed by atoms with Crippen molar-refractivity contribution in [2.75, 3.05) is 0 Å². The summed E-state index contributed by atoms with van der Waals surface area (Å²) in [6.07, 6.45) is -2.46. The second-order valence-corrected chi connectivity index (χ2v) is 3.37. The van der Waals surface area contributed by atoms with Crippen molar-refractivity contribution in [3.63, 3.8) is 0 Å². The van der Waals surface area contributed by atoms with Crippen LogP contribution in [-0.2, 0) is 20.0 Å². The van der Waals surface area contributed by atoms with Crippen molar-refractivity contribution in [1.82, 2.24) is 0 Å². The van der Waals surface area contributed by atoms with Gasteiger partial charge in [0.25, 0.3) is 0 Å². The van der Waals surface area contributed by atoms with Gasteiger partial charge in [0.1, 0.15) is 12.2 Å². The molecule has 0 spiro atoms. The molecule has 0 bridgehead atoms. The van der Waals surface area contributed by atoms with E-state index in [1.807, 2.05) is 0 Å². The van der Waals surface area contributed by atoms with Crippen LogP contribution in [0.3, 0.4) is 0 Å². The molecule has 0 saturated heterocycles. The van der Waals surface area contributed by atoms with E-state index in [2.05, 4.69) is 0 Å². The second kappa shape index (κ2) is 23.4. The van der Waals surface area contributed by atoms with E-state index in [-0.39, 0.29) is 86.4 Å². The zero-order valence-electron chi connectivity index (χ0n) is 9.88. The molecule has 0 rings (SSSR count). The van der Waals surface area contributed by atoms with Crippen LogP contribution in [0.15, 0.2) is 0 Å². The molecule has 0 aromatic heterocycles. The first-order valence-electron chi connectivity index (χ1n) is 3.80. The van der Waals surface area contributed by atoms with Crippen molar-refractivity contribution >= 4 is 97.8 Å². The minimum absolute atomic E-state index is 0. The monoisotopic (exact) mass is 398 g/mol. The van der Waals surface area contributed by atoms with Crippen molar-refractivity contribution in [1.29, 1.82) is 0 Å². The average Bonchev–Trinajstić information content (AvgIpc) is 2.01. The fourth-order valence-electron chi connectivity index (χ4n) is 0. The number of carboxylic acids is 2. The van der Waals surface area contributed by atoms with Crippen LogP contribution in [0.25, 0.3) is 0 Å². The number of carboxylic acid groups (broad SMARTS) is 2. The third-order valence-electron chi connectivity index (χ3n) is 0.715. The molecule has 2 unspecified atom stereocenters. The third-order valence-corrected chi connectivity index (χ3v) is 0.715. The van der Waals surface area contributed by atoms with Crippen LogP contribution in [0.4, 0.5) is 0 Å². The molecule has 10 N–H and O–H groups in total. The topological polar surface area (TPSA) is 253 Å². The van der Waals surface area contributed by atoms with Gasteiger partial charge in [-0.3, -0.25) is 9.11 Å². The van der Waals surface area contributed by atoms with Crippen molar-refractivity contribution in [2.24, 2.45) is 0 Å². The fourth-order valence-corrected chi connectivity index (χ4v) is 0. The van der Waals surface area contributed by atoms with Crippen LogP contribution in [-0.4, -0.2) is 149 Å². The van der Waals surface area contributed by atoms with E-state index in [0.29, 0.717) is 0 Å². The molecule has 0 radical (unpaired) electrons. The molecule has 21 heavy (non-hydrogen) atoms. The maximum atomic E-state index is 9.45. The molecule has 15 heteroatoms. The number of carbonyl (C=O) groups is 2. The first-order chi connectivity index (χ1) is 7.29. The van der Waals surface area contributed by atoms with Gasteiger partial charge in [-0.2, -0.15) is 8.42 Å². The predicted octanol–water partition coefficient (Wildman–Crippen LogP) is -5.23. The van der Waals surface area contributed by atoms with Gasteiger partial charge in [0.15, 0.2) is 0 Å². The van der Waals surface area contributed by atoms with Crippen LogP contribution in [0, 0.1) is 0 Å². The molecule has 0 amide bonds.